The van der Waals surface area contributed by atoms with Crippen molar-refractivity contribution in [1.29, 1.82) is 0 Å². The fourth-order valence-corrected chi connectivity index (χ4v) is 2.34. The van der Waals surface area contributed by atoms with Gasteiger partial charge in [-0.05, 0) is 18.7 Å². The number of thioether (sulfide) groups is 1. The number of nitrogens with one attached hydrogen (secondary N) is 1. The monoisotopic (exact) mass is 277 g/mol. The molecule has 1 heterocycles. The SMILES string of the molecule is CCNCc1cnc(CSc2ccccc2F)nc1. The Balaban J connectivity index is 1.91. The second-order valence-electron chi connectivity index (χ2n) is 4.01. The third-order valence-corrected chi connectivity index (χ3v) is 3.58. The van der Waals surface area contributed by atoms with E-state index >= 15 is 0 Å². The van der Waals surface area contributed by atoms with E-state index < -0.39 is 0 Å². The number of benzene rings is 1. The van der Waals surface area contributed by atoms with Crippen LogP contribution < -0.4 is 5.32 Å². The predicted molar refractivity (Wildman–Crippen MR) is 75.4 cm³/mol. The van der Waals surface area contributed by atoms with Gasteiger partial charge >= 0.3 is 0 Å². The van der Waals surface area contributed by atoms with Crippen molar-refractivity contribution in [3.8, 4) is 0 Å². The summed E-state index contributed by atoms with van der Waals surface area (Å²) in [5, 5.41) is 3.21. The lowest BCUT2D eigenvalue weighted by molar-refractivity contribution is 0.602. The Morgan fingerprint density at radius 2 is 1.95 bits per heavy atom. The fraction of sp³-hybridized carbons (Fsp3) is 0.286. The van der Waals surface area contributed by atoms with Crippen molar-refractivity contribution in [2.45, 2.75) is 24.1 Å². The van der Waals surface area contributed by atoms with Crippen LogP contribution in [0, 0.1) is 5.82 Å². The summed E-state index contributed by atoms with van der Waals surface area (Å²) in [4.78, 5) is 9.19. The number of aromatic nitrogens is 2. The minimum atomic E-state index is -0.198. The summed E-state index contributed by atoms with van der Waals surface area (Å²) < 4.78 is 13.4. The van der Waals surface area contributed by atoms with Gasteiger partial charge in [-0.1, -0.05) is 19.1 Å². The van der Waals surface area contributed by atoms with Gasteiger partial charge in [0.05, 0.1) is 5.75 Å². The molecule has 3 nitrogen and oxygen atoms in total. The predicted octanol–water partition coefficient (Wildman–Crippen LogP) is 3.02. The van der Waals surface area contributed by atoms with Crippen LogP contribution in [0.15, 0.2) is 41.6 Å². The van der Waals surface area contributed by atoms with E-state index in [9.17, 15) is 4.39 Å². The third-order valence-electron chi connectivity index (χ3n) is 2.53. The quantitative estimate of drug-likeness (QED) is 0.824. The molecule has 0 amide bonds. The van der Waals surface area contributed by atoms with Crippen LogP contribution in [0.5, 0.6) is 0 Å². The molecule has 0 radical (unpaired) electrons. The molecule has 5 heteroatoms. The lowest BCUT2D eigenvalue weighted by Gasteiger charge is -2.04. The summed E-state index contributed by atoms with van der Waals surface area (Å²) in [6.07, 6.45) is 3.62. The first-order chi connectivity index (χ1) is 9.29. The molecule has 0 atom stereocenters. The molecular weight excluding hydrogens is 261 g/mol. The molecule has 100 valence electrons. The Hall–Kier alpha value is -1.46. The van der Waals surface area contributed by atoms with Crippen molar-refractivity contribution in [2.24, 2.45) is 0 Å². The number of hydrogen-bond donors (Lipinski definition) is 1. The molecular formula is C14H16FN3S. The summed E-state index contributed by atoms with van der Waals surface area (Å²) in [7, 11) is 0. The van der Waals surface area contributed by atoms with E-state index in [-0.39, 0.29) is 5.82 Å². The van der Waals surface area contributed by atoms with E-state index in [4.69, 9.17) is 0 Å². The second-order valence-corrected chi connectivity index (χ2v) is 5.02. The van der Waals surface area contributed by atoms with Crippen LogP contribution in [0.25, 0.3) is 0 Å². The Labute approximate surface area is 116 Å². The van der Waals surface area contributed by atoms with Gasteiger partial charge in [-0.3, -0.25) is 0 Å². The van der Waals surface area contributed by atoms with E-state index in [0.717, 1.165) is 18.7 Å². The zero-order valence-electron chi connectivity index (χ0n) is 10.8. The van der Waals surface area contributed by atoms with Gasteiger partial charge in [0.1, 0.15) is 11.6 Å². The van der Waals surface area contributed by atoms with E-state index in [1.54, 1.807) is 12.1 Å². The molecule has 0 aliphatic heterocycles. The first-order valence-electron chi connectivity index (χ1n) is 6.17. The van der Waals surface area contributed by atoms with Crippen LogP contribution in [0.3, 0.4) is 0 Å². The average Bonchev–Trinajstić information content (AvgIpc) is 2.45. The lowest BCUT2D eigenvalue weighted by atomic mass is 10.3. The van der Waals surface area contributed by atoms with Crippen LogP contribution in [-0.2, 0) is 12.3 Å². The zero-order chi connectivity index (χ0) is 13.5. The Kier molecular flexibility index (Phi) is 5.30. The van der Waals surface area contributed by atoms with Crippen LogP contribution >= 0.6 is 11.8 Å². The van der Waals surface area contributed by atoms with Gasteiger partial charge < -0.3 is 5.32 Å². The van der Waals surface area contributed by atoms with Crippen molar-refractivity contribution in [3.63, 3.8) is 0 Å². The maximum atomic E-state index is 13.4. The molecule has 0 fully saturated rings. The summed E-state index contributed by atoms with van der Waals surface area (Å²) in [5.41, 5.74) is 1.06. The van der Waals surface area contributed by atoms with Gasteiger partial charge in [0, 0.05) is 29.4 Å². The van der Waals surface area contributed by atoms with Crippen molar-refractivity contribution >= 4 is 11.8 Å². The smallest absolute Gasteiger partial charge is 0.138 e. The largest absolute Gasteiger partial charge is 0.313 e. The van der Waals surface area contributed by atoms with E-state index in [2.05, 4.69) is 22.2 Å². The molecule has 0 bridgehead atoms. The molecule has 0 aliphatic rings. The maximum absolute atomic E-state index is 13.4. The van der Waals surface area contributed by atoms with E-state index in [1.165, 1.54) is 17.8 Å². The van der Waals surface area contributed by atoms with Gasteiger partial charge in [0.15, 0.2) is 0 Å². The molecule has 0 saturated heterocycles. The second kappa shape index (κ2) is 7.21. The molecule has 19 heavy (non-hydrogen) atoms. The van der Waals surface area contributed by atoms with Crippen LogP contribution in [0.4, 0.5) is 4.39 Å². The molecule has 1 N–H and O–H groups in total. The Morgan fingerprint density at radius 1 is 1.21 bits per heavy atom. The Morgan fingerprint density at radius 3 is 2.63 bits per heavy atom. The van der Waals surface area contributed by atoms with Crippen LogP contribution in [0.1, 0.15) is 18.3 Å². The number of rotatable bonds is 6. The first-order valence-corrected chi connectivity index (χ1v) is 7.16. The first kappa shape index (κ1) is 14.0. The van der Waals surface area contributed by atoms with Crippen molar-refractivity contribution < 1.29 is 4.39 Å². The van der Waals surface area contributed by atoms with Gasteiger partial charge in [0.25, 0.3) is 0 Å². The van der Waals surface area contributed by atoms with Crippen LogP contribution in [0.2, 0.25) is 0 Å². The summed E-state index contributed by atoms with van der Waals surface area (Å²) in [5.74, 6) is 1.09. The fourth-order valence-electron chi connectivity index (χ4n) is 1.52. The molecule has 0 aliphatic carbocycles. The van der Waals surface area contributed by atoms with Gasteiger partial charge in [-0.2, -0.15) is 0 Å². The van der Waals surface area contributed by atoms with E-state index in [1.807, 2.05) is 18.5 Å². The van der Waals surface area contributed by atoms with Crippen molar-refractivity contribution in [2.75, 3.05) is 6.54 Å². The van der Waals surface area contributed by atoms with E-state index in [0.29, 0.717) is 16.5 Å². The summed E-state index contributed by atoms with van der Waals surface area (Å²) >= 11 is 1.41. The van der Waals surface area contributed by atoms with Crippen molar-refractivity contribution in [1.82, 2.24) is 15.3 Å². The highest BCUT2D eigenvalue weighted by Crippen LogP contribution is 2.23. The highest BCUT2D eigenvalue weighted by atomic mass is 32.2. The number of nitrogens with zero attached hydrogens (tertiary/aromatic N) is 2. The highest BCUT2D eigenvalue weighted by molar-refractivity contribution is 7.98. The topological polar surface area (TPSA) is 37.8 Å². The summed E-state index contributed by atoms with van der Waals surface area (Å²) in [6, 6.07) is 6.74. The Bertz CT molecular complexity index is 516. The van der Waals surface area contributed by atoms with Gasteiger partial charge in [0.2, 0.25) is 0 Å². The number of halogens is 1. The summed E-state index contributed by atoms with van der Waals surface area (Å²) in [6.45, 7) is 3.75. The van der Waals surface area contributed by atoms with Crippen LogP contribution in [-0.4, -0.2) is 16.5 Å². The van der Waals surface area contributed by atoms with Gasteiger partial charge in [-0.25, -0.2) is 14.4 Å². The van der Waals surface area contributed by atoms with Gasteiger partial charge in [-0.15, -0.1) is 11.8 Å². The lowest BCUT2D eigenvalue weighted by Crippen LogP contribution is -2.12. The molecule has 0 spiro atoms. The minimum absolute atomic E-state index is 0.198. The maximum Gasteiger partial charge on any atom is 0.138 e. The molecule has 0 saturated carbocycles. The average molecular weight is 277 g/mol. The normalized spacial score (nSPS) is 10.6. The molecule has 1 aromatic heterocycles. The molecule has 1 aromatic carbocycles. The molecule has 2 aromatic rings. The zero-order valence-corrected chi connectivity index (χ0v) is 11.6. The number of hydrogen-bond acceptors (Lipinski definition) is 4. The standard InChI is InChI=1S/C14H16FN3S/c1-2-16-7-11-8-17-14(18-9-11)10-19-13-6-4-3-5-12(13)15/h3-6,8-9,16H,2,7,10H2,1H3. The highest BCUT2D eigenvalue weighted by Gasteiger charge is 2.03. The van der Waals surface area contributed by atoms with Crippen molar-refractivity contribution in [3.05, 3.63) is 53.9 Å². The minimum Gasteiger partial charge on any atom is -0.313 e. The molecule has 0 unspecified atom stereocenters. The third kappa shape index (κ3) is 4.29. The molecule has 2 rings (SSSR count).